The minimum Gasteiger partial charge on any atom is -0.347 e. The number of halogens is 4. The third-order valence-corrected chi connectivity index (χ3v) is 21.4. The van der Waals surface area contributed by atoms with Crippen LogP contribution < -0.4 is 16.0 Å². The van der Waals surface area contributed by atoms with Gasteiger partial charge < -0.3 is 60.0 Å². The summed E-state index contributed by atoms with van der Waals surface area (Å²) in [5, 5.41) is 17.6. The highest BCUT2D eigenvalue weighted by molar-refractivity contribution is 6.31. The van der Waals surface area contributed by atoms with Crippen molar-refractivity contribution in [3.05, 3.63) is 105 Å². The van der Waals surface area contributed by atoms with Crippen molar-refractivity contribution in [3.63, 3.8) is 0 Å². The number of hydrogen-bond donors (Lipinski definition) is 3. The Kier molecular flexibility index (Phi) is 28.4. The number of nitrogens with zero attached hydrogens (tertiary/aromatic N) is 10. The van der Waals surface area contributed by atoms with Crippen molar-refractivity contribution < 1.29 is 70.7 Å². The molecular formula is C74H101ClF3N13O12. The predicted octanol–water partition coefficient (Wildman–Crippen LogP) is 5.00. The first kappa shape index (κ1) is 82.8. The molecule has 3 fully saturated rings. The van der Waals surface area contributed by atoms with Gasteiger partial charge in [0.15, 0.2) is 0 Å². The van der Waals surface area contributed by atoms with Crippen LogP contribution in [0.2, 0.25) is 5.02 Å². The minimum absolute atomic E-state index is 0.0615. The van der Waals surface area contributed by atoms with Gasteiger partial charge in [-0.25, -0.2) is 0 Å². The van der Waals surface area contributed by atoms with Crippen molar-refractivity contribution in [3.8, 4) is 6.07 Å². The Labute approximate surface area is 607 Å². The van der Waals surface area contributed by atoms with E-state index >= 15 is 24.0 Å². The average Bonchev–Trinajstić information content (AvgIpc) is 1.56. The topological polar surface area (TPSA) is 294 Å². The summed E-state index contributed by atoms with van der Waals surface area (Å²) in [6.45, 7) is 11.2. The number of carbonyl (C=O) groups excluding carboxylic acids is 12. The van der Waals surface area contributed by atoms with Crippen LogP contribution in [0, 0.1) is 30.1 Å². The number of rotatable bonds is 12. The van der Waals surface area contributed by atoms with E-state index in [1.807, 2.05) is 25.1 Å². The number of carbonyl (C=O) groups is 12. The maximum atomic E-state index is 15.6. The number of nitrogens with one attached hydrogen (secondary N) is 3. The lowest BCUT2D eigenvalue weighted by Crippen LogP contribution is -2.65. The van der Waals surface area contributed by atoms with Crippen molar-refractivity contribution in [1.82, 2.24) is 60.0 Å². The Morgan fingerprint density at radius 1 is 0.670 bits per heavy atom. The van der Waals surface area contributed by atoms with Gasteiger partial charge >= 0.3 is 6.18 Å². The van der Waals surface area contributed by atoms with Gasteiger partial charge in [-0.3, -0.25) is 57.5 Å². The zero-order valence-corrected chi connectivity index (χ0v) is 62.7. The van der Waals surface area contributed by atoms with Crippen LogP contribution in [0.4, 0.5) is 13.2 Å². The lowest BCUT2D eigenvalue weighted by molar-refractivity contribution is -0.160. The van der Waals surface area contributed by atoms with Crippen LogP contribution in [-0.4, -0.2) is 251 Å². The average molecular weight is 1460 g/mol. The van der Waals surface area contributed by atoms with Gasteiger partial charge in [0.1, 0.15) is 59.9 Å². The SMILES string of the molecule is CC[C@H](C)[C@@H]1NC(=O)[C@H](C)N(C)C(=O)C[C@@H](C(=O)N(C)C)N(C)C(=O)[C@H]([C@@H](C)CC)N(C)C(=O)C2(CCCC2)NC(=O)[C@H](Cc2ccc(C#N)cc2)N(C)C(=O)[C@H](CCc2ccc(C(F)(F)F)c(Cl)c2)NC(=O)CN(C)C(=O)[C@H](Cc2ccc(C)cc2)N(C)C(=O)[C@@H]2CCN2C(=O)[C@@H](C)N(C)C1=O. The molecule has 2 saturated heterocycles. The highest BCUT2D eigenvalue weighted by Crippen LogP contribution is 2.37. The van der Waals surface area contributed by atoms with Gasteiger partial charge in [-0.1, -0.05) is 113 Å². The van der Waals surface area contributed by atoms with E-state index in [0.717, 1.165) is 37.3 Å². The van der Waals surface area contributed by atoms with Crippen LogP contribution in [0.5, 0.6) is 0 Å². The molecule has 0 aromatic heterocycles. The molecule has 1 saturated carbocycles. The number of amides is 12. The first-order valence-electron chi connectivity index (χ1n) is 34.9. The summed E-state index contributed by atoms with van der Waals surface area (Å²) in [6.07, 6.45) is -4.46. The molecule has 562 valence electrons. The van der Waals surface area contributed by atoms with Crippen LogP contribution in [0.25, 0.3) is 0 Å². The summed E-state index contributed by atoms with van der Waals surface area (Å²) in [5.74, 6) is -10.1. The third kappa shape index (κ3) is 19.6. The quantitative estimate of drug-likeness (QED) is 0.215. The molecule has 1 spiro atoms. The normalized spacial score (nSPS) is 24.8. The monoisotopic (exact) mass is 1460 g/mol. The van der Waals surface area contributed by atoms with Crippen LogP contribution >= 0.6 is 11.6 Å². The van der Waals surface area contributed by atoms with Crippen molar-refractivity contribution in [1.29, 1.82) is 5.26 Å². The van der Waals surface area contributed by atoms with Gasteiger partial charge in [0.25, 0.3) is 0 Å². The fourth-order valence-corrected chi connectivity index (χ4v) is 13.7. The first-order valence-corrected chi connectivity index (χ1v) is 35.3. The largest absolute Gasteiger partial charge is 0.417 e. The number of aryl methyl sites for hydroxylation is 2. The lowest BCUT2D eigenvalue weighted by atomic mass is 9.90. The highest BCUT2D eigenvalue weighted by atomic mass is 35.5. The molecule has 103 heavy (non-hydrogen) atoms. The Morgan fingerprint density at radius 3 is 1.77 bits per heavy atom. The van der Waals surface area contributed by atoms with Gasteiger partial charge in [-0.15, -0.1) is 0 Å². The second-order valence-electron chi connectivity index (χ2n) is 28.2. The maximum Gasteiger partial charge on any atom is 0.417 e. The molecule has 1 aliphatic carbocycles. The smallest absolute Gasteiger partial charge is 0.347 e. The van der Waals surface area contributed by atoms with Crippen molar-refractivity contribution in [2.45, 2.75) is 192 Å². The van der Waals surface area contributed by atoms with E-state index in [0.29, 0.717) is 36.8 Å². The number of hydrogen-bond acceptors (Lipinski definition) is 13. The molecule has 11 atom stereocenters. The summed E-state index contributed by atoms with van der Waals surface area (Å²) < 4.78 is 41.9. The molecule has 12 amide bonds. The van der Waals surface area contributed by atoms with Gasteiger partial charge in [0.2, 0.25) is 70.9 Å². The molecular weight excluding hydrogens is 1360 g/mol. The molecule has 3 N–H and O–H groups in total. The summed E-state index contributed by atoms with van der Waals surface area (Å²) in [4.78, 5) is 189. The van der Waals surface area contributed by atoms with Crippen molar-refractivity contribution in [2.75, 3.05) is 76.5 Å². The number of benzene rings is 3. The fraction of sp³-hybridized carbons (Fsp3) is 0.581. The lowest BCUT2D eigenvalue weighted by Gasteiger charge is -2.45. The summed E-state index contributed by atoms with van der Waals surface area (Å²) in [6, 6.07) is 6.28. The Hall–Kier alpha value is -9.13. The molecule has 3 aliphatic rings. The van der Waals surface area contributed by atoms with E-state index in [9.17, 15) is 52.0 Å². The zero-order chi connectivity index (χ0) is 77.0. The minimum atomic E-state index is -4.81. The molecule has 2 heterocycles. The van der Waals surface area contributed by atoms with Gasteiger partial charge in [0.05, 0.1) is 35.2 Å². The second kappa shape index (κ2) is 35.4. The summed E-state index contributed by atoms with van der Waals surface area (Å²) in [7, 11) is 12.3. The van der Waals surface area contributed by atoms with Crippen molar-refractivity contribution in [2.24, 2.45) is 11.8 Å². The molecule has 0 radical (unpaired) electrons. The third-order valence-electron chi connectivity index (χ3n) is 21.0. The second-order valence-corrected chi connectivity index (χ2v) is 28.6. The van der Waals surface area contributed by atoms with E-state index in [2.05, 4.69) is 16.0 Å². The number of fused-ring (bicyclic) bond motifs is 1. The first-order chi connectivity index (χ1) is 48.2. The molecule has 3 aromatic carbocycles. The van der Waals surface area contributed by atoms with Crippen LogP contribution in [0.1, 0.15) is 133 Å². The van der Waals surface area contributed by atoms with E-state index in [1.165, 1.54) is 120 Å². The van der Waals surface area contributed by atoms with Crippen molar-refractivity contribution >= 4 is 82.5 Å². The van der Waals surface area contributed by atoms with Crippen LogP contribution in [-0.2, 0) is 83.0 Å². The van der Waals surface area contributed by atoms with Crippen LogP contribution in [0.15, 0.2) is 66.7 Å². The summed E-state index contributed by atoms with van der Waals surface area (Å²) in [5.41, 5.74) is -0.375. The van der Waals surface area contributed by atoms with E-state index in [1.54, 1.807) is 52.0 Å². The van der Waals surface area contributed by atoms with Crippen LogP contribution in [0.3, 0.4) is 0 Å². The van der Waals surface area contributed by atoms with E-state index in [-0.39, 0.29) is 62.6 Å². The molecule has 6 rings (SSSR count). The Balaban J connectivity index is 1.49. The van der Waals surface area contributed by atoms with E-state index < -0.39 is 172 Å². The molecule has 0 bridgehead atoms. The zero-order valence-electron chi connectivity index (χ0n) is 62.0. The highest BCUT2D eigenvalue weighted by Gasteiger charge is 2.51. The Morgan fingerprint density at radius 2 is 1.23 bits per heavy atom. The molecule has 0 unspecified atom stereocenters. The van der Waals surface area contributed by atoms with Gasteiger partial charge in [0, 0.05) is 82.8 Å². The molecule has 2 aliphatic heterocycles. The molecule has 29 heteroatoms. The van der Waals surface area contributed by atoms with Gasteiger partial charge in [-0.05, 0) is 106 Å². The fourth-order valence-electron chi connectivity index (χ4n) is 13.4. The van der Waals surface area contributed by atoms with E-state index in [4.69, 9.17) is 11.6 Å². The summed E-state index contributed by atoms with van der Waals surface area (Å²) >= 11 is 6.18. The Bertz CT molecular complexity index is 3680. The predicted molar refractivity (Wildman–Crippen MR) is 378 cm³/mol. The maximum absolute atomic E-state index is 15.6. The number of nitriles is 1. The number of alkyl halides is 3. The number of likely N-dealkylation sites (N-methyl/N-ethyl adjacent to an activating group) is 8. The molecule has 25 nitrogen and oxygen atoms in total. The molecule has 3 aromatic rings. The standard InChI is InChI=1S/C74H101ClF3N13O12/c1-17-44(4)61-70(101)86(12)47(7)65(96)91-36-33-55(91)69(100)88(14)57(39-49-23-21-43(3)22-24-49)68(99)84(10)42-59(92)80-54(32-30-48-29-31-52(53(75)37-48)74(76,77)78)66(97)87(13)56(38-50-25-27-51(41-79)28-26-50)64(95)82-73(34-19-20-35-73)72(103)90(16)62(45(5)18-2)71(102)89(15)58(67(98)83(8)9)40-60(93)85(11)46(6)63(94)81-61/h21-29,31,37,44-47,54-58,61-62H,17-20,30,32-36,38-40,42H2,1-16H3,(H,80,92)(H,81,94)(H,82,95)/t44-,45-,46-,47+,54-,55-,56-,57-,58-,61-,62-/m0/s1. The van der Waals surface area contributed by atoms with Gasteiger partial charge in [-0.2, -0.15) is 18.4 Å².